The van der Waals surface area contributed by atoms with E-state index in [0.29, 0.717) is 32.6 Å². The molecule has 1 spiro atoms. The zero-order chi connectivity index (χ0) is 15.7. The molecule has 0 aromatic heterocycles. The average molecular weight is 309 g/mol. The number of carbonyl (C=O) groups is 3. The van der Waals surface area contributed by atoms with Gasteiger partial charge in [0.25, 0.3) is 5.91 Å². The van der Waals surface area contributed by atoms with Crippen molar-refractivity contribution in [3.63, 3.8) is 0 Å². The maximum absolute atomic E-state index is 12.5. The number of morpholine rings is 1. The van der Waals surface area contributed by atoms with E-state index < -0.39 is 5.54 Å². The number of hydrogen-bond acceptors (Lipinski definition) is 4. The molecule has 0 radical (unpaired) electrons. The lowest BCUT2D eigenvalue weighted by molar-refractivity contribution is -0.139. The highest BCUT2D eigenvalue weighted by Gasteiger charge is 2.52. The van der Waals surface area contributed by atoms with Crippen LogP contribution in [-0.2, 0) is 14.3 Å². The van der Waals surface area contributed by atoms with Crippen molar-refractivity contribution < 1.29 is 19.1 Å². The summed E-state index contributed by atoms with van der Waals surface area (Å²) in [5.74, 6) is -0.179. The molecule has 1 saturated carbocycles. The highest BCUT2D eigenvalue weighted by atomic mass is 16.5. The predicted octanol–water partition coefficient (Wildman–Crippen LogP) is 0.488. The molecule has 1 aliphatic carbocycles. The average Bonchev–Trinajstić information content (AvgIpc) is 3.05. The molecule has 22 heavy (non-hydrogen) atoms. The van der Waals surface area contributed by atoms with Crippen LogP contribution in [0.25, 0.3) is 0 Å². The first-order valence-corrected chi connectivity index (χ1v) is 8.05. The number of amides is 4. The van der Waals surface area contributed by atoms with Crippen molar-refractivity contribution in [1.29, 1.82) is 0 Å². The molecular formula is C15H23N3O4. The summed E-state index contributed by atoms with van der Waals surface area (Å²) in [6, 6.07) is -0.305. The van der Waals surface area contributed by atoms with Crippen molar-refractivity contribution in [1.82, 2.24) is 15.1 Å². The Hall–Kier alpha value is -1.63. The van der Waals surface area contributed by atoms with Crippen LogP contribution in [0.1, 0.15) is 39.0 Å². The quantitative estimate of drug-likeness (QED) is 0.770. The first kappa shape index (κ1) is 15.3. The number of imide groups is 1. The van der Waals surface area contributed by atoms with Crippen LogP contribution < -0.4 is 5.32 Å². The van der Waals surface area contributed by atoms with Crippen LogP contribution in [0.3, 0.4) is 0 Å². The van der Waals surface area contributed by atoms with Crippen LogP contribution in [0, 0.1) is 0 Å². The standard InChI is InChI=1S/C15H23N3O4/c1-11-10-22-9-8-17(11)12(19)4-7-18-13(20)15(16-14(18)21)5-2-3-6-15/h11H,2-10H2,1H3,(H,16,21)/t11-/m1/s1. The van der Waals surface area contributed by atoms with Crippen LogP contribution in [0.2, 0.25) is 0 Å². The van der Waals surface area contributed by atoms with E-state index in [2.05, 4.69) is 5.32 Å². The molecule has 1 atom stereocenters. The number of hydrogen-bond donors (Lipinski definition) is 1. The molecule has 0 bridgehead atoms. The molecule has 7 heteroatoms. The molecular weight excluding hydrogens is 286 g/mol. The van der Waals surface area contributed by atoms with Gasteiger partial charge in [0.1, 0.15) is 5.54 Å². The maximum Gasteiger partial charge on any atom is 0.325 e. The Bertz CT molecular complexity index is 487. The Morgan fingerprint density at radius 3 is 2.77 bits per heavy atom. The Balaban J connectivity index is 1.58. The molecule has 122 valence electrons. The number of carbonyl (C=O) groups excluding carboxylic acids is 3. The second kappa shape index (κ2) is 5.87. The number of urea groups is 1. The van der Waals surface area contributed by atoms with Gasteiger partial charge in [0, 0.05) is 19.5 Å². The molecule has 7 nitrogen and oxygen atoms in total. The molecule has 1 N–H and O–H groups in total. The zero-order valence-electron chi connectivity index (χ0n) is 13.0. The fourth-order valence-corrected chi connectivity index (χ4v) is 3.65. The fraction of sp³-hybridized carbons (Fsp3) is 0.800. The number of nitrogens with one attached hydrogen (secondary N) is 1. The molecule has 2 aliphatic heterocycles. The molecule has 3 fully saturated rings. The summed E-state index contributed by atoms with van der Waals surface area (Å²) in [4.78, 5) is 39.8. The van der Waals surface area contributed by atoms with Crippen molar-refractivity contribution in [2.45, 2.75) is 50.6 Å². The van der Waals surface area contributed by atoms with E-state index in [4.69, 9.17) is 4.74 Å². The van der Waals surface area contributed by atoms with Gasteiger partial charge in [-0.2, -0.15) is 0 Å². The number of rotatable bonds is 3. The van der Waals surface area contributed by atoms with E-state index in [-0.39, 0.29) is 36.9 Å². The van der Waals surface area contributed by atoms with Crippen LogP contribution in [0.15, 0.2) is 0 Å². The van der Waals surface area contributed by atoms with Gasteiger partial charge in [-0.05, 0) is 19.8 Å². The monoisotopic (exact) mass is 309 g/mol. The van der Waals surface area contributed by atoms with Gasteiger partial charge in [-0.25, -0.2) is 4.79 Å². The Kier molecular flexibility index (Phi) is 4.08. The molecule has 2 saturated heterocycles. The first-order valence-electron chi connectivity index (χ1n) is 8.05. The lowest BCUT2D eigenvalue weighted by Gasteiger charge is -2.33. The predicted molar refractivity (Wildman–Crippen MR) is 78.1 cm³/mol. The minimum atomic E-state index is -0.688. The highest BCUT2D eigenvalue weighted by Crippen LogP contribution is 2.35. The molecule has 0 aromatic rings. The molecule has 3 rings (SSSR count). The van der Waals surface area contributed by atoms with E-state index in [0.717, 1.165) is 12.8 Å². The van der Waals surface area contributed by atoms with E-state index in [9.17, 15) is 14.4 Å². The molecule has 0 unspecified atom stereocenters. The molecule has 2 heterocycles. The number of ether oxygens (including phenoxy) is 1. The first-order chi connectivity index (χ1) is 10.5. The minimum Gasteiger partial charge on any atom is -0.377 e. The van der Waals surface area contributed by atoms with E-state index in [1.807, 2.05) is 6.92 Å². The summed E-state index contributed by atoms with van der Waals surface area (Å²) in [5.41, 5.74) is -0.688. The van der Waals surface area contributed by atoms with Crippen LogP contribution >= 0.6 is 0 Å². The normalized spacial score (nSPS) is 27.6. The molecule has 4 amide bonds. The van der Waals surface area contributed by atoms with E-state index >= 15 is 0 Å². The summed E-state index contributed by atoms with van der Waals surface area (Å²) < 4.78 is 5.31. The summed E-state index contributed by atoms with van der Waals surface area (Å²) in [7, 11) is 0. The SMILES string of the molecule is C[C@@H]1COCCN1C(=O)CCN1C(=O)NC2(CCCC2)C1=O. The largest absolute Gasteiger partial charge is 0.377 e. The lowest BCUT2D eigenvalue weighted by atomic mass is 9.98. The molecule has 3 aliphatic rings. The third kappa shape index (κ3) is 2.58. The van der Waals surface area contributed by atoms with Gasteiger partial charge in [-0.3, -0.25) is 14.5 Å². The minimum absolute atomic E-state index is 0.0243. The van der Waals surface area contributed by atoms with Gasteiger partial charge in [0.15, 0.2) is 0 Å². The second-order valence-corrected chi connectivity index (χ2v) is 6.44. The topological polar surface area (TPSA) is 79.0 Å². The Morgan fingerprint density at radius 2 is 2.09 bits per heavy atom. The third-order valence-electron chi connectivity index (χ3n) is 4.94. The summed E-state index contributed by atoms with van der Waals surface area (Å²) in [6.07, 6.45) is 3.53. The van der Waals surface area contributed by atoms with Gasteiger partial charge < -0.3 is 15.0 Å². The lowest BCUT2D eigenvalue weighted by Crippen LogP contribution is -2.48. The third-order valence-corrected chi connectivity index (χ3v) is 4.94. The second-order valence-electron chi connectivity index (χ2n) is 6.44. The van der Waals surface area contributed by atoms with Crippen molar-refractivity contribution in [3.8, 4) is 0 Å². The smallest absolute Gasteiger partial charge is 0.325 e. The zero-order valence-corrected chi connectivity index (χ0v) is 13.0. The van der Waals surface area contributed by atoms with Crippen molar-refractivity contribution in [2.75, 3.05) is 26.3 Å². The number of nitrogens with zero attached hydrogens (tertiary/aromatic N) is 2. The maximum atomic E-state index is 12.5. The highest BCUT2D eigenvalue weighted by molar-refractivity contribution is 6.07. The van der Waals surface area contributed by atoms with Crippen LogP contribution in [0.4, 0.5) is 4.79 Å². The van der Waals surface area contributed by atoms with Gasteiger partial charge in [0.05, 0.1) is 19.3 Å². The van der Waals surface area contributed by atoms with E-state index in [1.165, 1.54) is 4.90 Å². The van der Waals surface area contributed by atoms with Crippen molar-refractivity contribution in [3.05, 3.63) is 0 Å². The summed E-state index contributed by atoms with van der Waals surface area (Å²) >= 11 is 0. The summed E-state index contributed by atoms with van der Waals surface area (Å²) in [5, 5.41) is 2.83. The molecule has 0 aromatic carbocycles. The summed E-state index contributed by atoms with van der Waals surface area (Å²) in [6.45, 7) is 3.76. The fourth-order valence-electron chi connectivity index (χ4n) is 3.65. The van der Waals surface area contributed by atoms with Crippen LogP contribution in [-0.4, -0.2) is 65.5 Å². The van der Waals surface area contributed by atoms with Gasteiger partial charge in [-0.15, -0.1) is 0 Å². The van der Waals surface area contributed by atoms with Crippen molar-refractivity contribution in [2.24, 2.45) is 0 Å². The Labute approximate surface area is 129 Å². The van der Waals surface area contributed by atoms with Crippen molar-refractivity contribution >= 4 is 17.8 Å². The van der Waals surface area contributed by atoms with Crippen LogP contribution in [0.5, 0.6) is 0 Å². The van der Waals surface area contributed by atoms with Gasteiger partial charge in [0.2, 0.25) is 5.91 Å². The van der Waals surface area contributed by atoms with E-state index in [1.54, 1.807) is 4.90 Å². The van der Waals surface area contributed by atoms with Gasteiger partial charge in [-0.1, -0.05) is 12.8 Å². The van der Waals surface area contributed by atoms with Gasteiger partial charge >= 0.3 is 6.03 Å². The Morgan fingerprint density at radius 1 is 1.36 bits per heavy atom.